The van der Waals surface area contributed by atoms with Crippen LogP contribution in [0.1, 0.15) is 44.7 Å². The Kier molecular flexibility index (Phi) is 3.95. The lowest BCUT2D eigenvalue weighted by Crippen LogP contribution is -2.43. The lowest BCUT2D eigenvalue weighted by molar-refractivity contribution is 0.174. The van der Waals surface area contributed by atoms with Gasteiger partial charge in [0.1, 0.15) is 12.7 Å². The van der Waals surface area contributed by atoms with E-state index in [4.69, 9.17) is 0 Å². The summed E-state index contributed by atoms with van der Waals surface area (Å²) < 4.78 is 3.80. The average molecular weight is 329 g/mol. The van der Waals surface area contributed by atoms with Crippen LogP contribution in [0.4, 0.5) is 10.5 Å². The van der Waals surface area contributed by atoms with E-state index in [1.54, 1.807) is 12.5 Å². The van der Waals surface area contributed by atoms with Crippen molar-refractivity contribution < 1.29 is 4.79 Å². The van der Waals surface area contributed by atoms with E-state index in [0.717, 1.165) is 31.0 Å². The second-order valence-corrected chi connectivity index (χ2v) is 6.83. The van der Waals surface area contributed by atoms with Crippen molar-refractivity contribution in [2.45, 2.75) is 44.7 Å². The van der Waals surface area contributed by atoms with Crippen molar-refractivity contribution in [2.24, 2.45) is 5.92 Å². The number of carbonyl (C=O) groups is 1. The van der Waals surface area contributed by atoms with Gasteiger partial charge < -0.3 is 10.2 Å². The summed E-state index contributed by atoms with van der Waals surface area (Å²) in [7, 11) is 0. The predicted octanol–water partition coefficient (Wildman–Crippen LogP) is 2.31. The van der Waals surface area contributed by atoms with Gasteiger partial charge in [-0.2, -0.15) is 10.2 Å². The fraction of sp³-hybridized carbons (Fsp3) is 0.625. The third-order valence-corrected chi connectivity index (χ3v) is 5.07. The number of nitrogens with one attached hydrogen (secondary N) is 1. The zero-order chi connectivity index (χ0) is 16.5. The molecule has 2 aliphatic rings. The zero-order valence-electron chi connectivity index (χ0n) is 13.9. The van der Waals surface area contributed by atoms with Gasteiger partial charge in [-0.05, 0) is 38.5 Å². The van der Waals surface area contributed by atoms with Crippen molar-refractivity contribution in [3.63, 3.8) is 0 Å². The molecule has 8 nitrogen and oxygen atoms in total. The monoisotopic (exact) mass is 329 g/mol. The van der Waals surface area contributed by atoms with E-state index in [1.165, 1.54) is 19.2 Å². The van der Waals surface area contributed by atoms with Gasteiger partial charge in [0, 0.05) is 19.3 Å². The van der Waals surface area contributed by atoms with Crippen LogP contribution >= 0.6 is 0 Å². The molecule has 2 amide bonds. The van der Waals surface area contributed by atoms with E-state index < -0.39 is 0 Å². The summed E-state index contributed by atoms with van der Waals surface area (Å²) in [5, 5.41) is 11.6. The number of anilines is 1. The van der Waals surface area contributed by atoms with E-state index in [1.807, 2.05) is 20.5 Å². The topological polar surface area (TPSA) is 80.9 Å². The third kappa shape index (κ3) is 3.13. The summed E-state index contributed by atoms with van der Waals surface area (Å²) in [6, 6.07) is 0.533. The minimum atomic E-state index is -0.0709. The van der Waals surface area contributed by atoms with Crippen LogP contribution in [0.2, 0.25) is 0 Å². The molecule has 4 rings (SSSR count). The molecule has 0 unspecified atom stereocenters. The van der Waals surface area contributed by atoms with Crippen molar-refractivity contribution in [3.8, 4) is 0 Å². The molecule has 1 aliphatic carbocycles. The molecule has 1 N–H and O–H groups in total. The van der Waals surface area contributed by atoms with E-state index >= 15 is 0 Å². The minimum absolute atomic E-state index is 0.0709. The molecule has 0 radical (unpaired) electrons. The van der Waals surface area contributed by atoms with Gasteiger partial charge in [-0.1, -0.05) is 0 Å². The first-order valence-electron chi connectivity index (χ1n) is 8.65. The van der Waals surface area contributed by atoms with Gasteiger partial charge in [0.05, 0.1) is 24.0 Å². The standard InChI is InChI=1S/C16H23N7O/c1-12(13-4-5-13)22-8-14(7-18-22)20-16(24)21-6-2-3-15(9-21)23-11-17-10-19-23/h7-8,10-13,15H,2-6,9H2,1H3,(H,20,24)/t12-,15+/m0/s1. The summed E-state index contributed by atoms with van der Waals surface area (Å²) in [6.07, 6.45) is 11.5. The lowest BCUT2D eigenvalue weighted by atomic mass is 10.1. The Balaban J connectivity index is 1.37. The van der Waals surface area contributed by atoms with Crippen molar-refractivity contribution in [1.82, 2.24) is 29.4 Å². The molecule has 0 aromatic carbocycles. The quantitative estimate of drug-likeness (QED) is 0.933. The Morgan fingerprint density at radius 3 is 2.96 bits per heavy atom. The van der Waals surface area contributed by atoms with Gasteiger partial charge in [-0.25, -0.2) is 14.5 Å². The molecule has 3 heterocycles. The Bertz CT molecular complexity index is 691. The lowest BCUT2D eigenvalue weighted by Gasteiger charge is -2.32. The van der Waals surface area contributed by atoms with E-state index in [0.29, 0.717) is 12.6 Å². The number of piperidine rings is 1. The normalized spacial score (nSPS) is 22.4. The largest absolute Gasteiger partial charge is 0.322 e. The highest BCUT2D eigenvalue weighted by Crippen LogP contribution is 2.39. The third-order valence-electron chi connectivity index (χ3n) is 5.07. The molecule has 1 saturated carbocycles. The van der Waals surface area contributed by atoms with Crippen LogP contribution in [0, 0.1) is 5.92 Å². The van der Waals surface area contributed by atoms with E-state index in [9.17, 15) is 4.79 Å². The van der Waals surface area contributed by atoms with E-state index in [2.05, 4.69) is 27.4 Å². The molecule has 2 aromatic rings. The van der Waals surface area contributed by atoms with Crippen molar-refractivity contribution in [1.29, 1.82) is 0 Å². The number of amides is 2. The van der Waals surface area contributed by atoms with Crippen LogP contribution in [0.25, 0.3) is 0 Å². The summed E-state index contributed by atoms with van der Waals surface area (Å²) in [4.78, 5) is 18.4. The van der Waals surface area contributed by atoms with Crippen molar-refractivity contribution in [2.75, 3.05) is 18.4 Å². The first-order valence-corrected chi connectivity index (χ1v) is 8.65. The van der Waals surface area contributed by atoms with Crippen LogP contribution in [-0.4, -0.2) is 48.6 Å². The number of likely N-dealkylation sites (tertiary alicyclic amines) is 1. The van der Waals surface area contributed by atoms with Gasteiger partial charge in [0.2, 0.25) is 0 Å². The molecule has 1 saturated heterocycles. The molecule has 2 fully saturated rings. The van der Waals surface area contributed by atoms with Crippen LogP contribution in [0.5, 0.6) is 0 Å². The summed E-state index contributed by atoms with van der Waals surface area (Å²) in [5.74, 6) is 0.735. The summed E-state index contributed by atoms with van der Waals surface area (Å²) in [5.41, 5.74) is 0.760. The molecule has 1 aliphatic heterocycles. The van der Waals surface area contributed by atoms with Gasteiger partial charge in [-0.3, -0.25) is 4.68 Å². The Morgan fingerprint density at radius 2 is 2.21 bits per heavy atom. The zero-order valence-corrected chi connectivity index (χ0v) is 13.9. The average Bonchev–Trinajstić information content (AvgIpc) is 3.10. The van der Waals surface area contributed by atoms with Gasteiger partial charge >= 0.3 is 6.03 Å². The second kappa shape index (κ2) is 6.26. The number of hydrogen-bond donors (Lipinski definition) is 1. The molecule has 2 aromatic heterocycles. The van der Waals surface area contributed by atoms with Crippen LogP contribution in [0.3, 0.4) is 0 Å². The summed E-state index contributed by atoms with van der Waals surface area (Å²) >= 11 is 0. The number of hydrogen-bond acceptors (Lipinski definition) is 4. The van der Waals surface area contributed by atoms with Gasteiger partial charge in [0.25, 0.3) is 0 Å². The number of urea groups is 1. The molecular formula is C16H23N7O. The molecule has 128 valence electrons. The van der Waals surface area contributed by atoms with E-state index in [-0.39, 0.29) is 12.1 Å². The maximum Gasteiger partial charge on any atom is 0.322 e. The van der Waals surface area contributed by atoms with Crippen molar-refractivity contribution in [3.05, 3.63) is 25.0 Å². The molecular weight excluding hydrogens is 306 g/mol. The molecule has 0 bridgehead atoms. The predicted molar refractivity (Wildman–Crippen MR) is 88.5 cm³/mol. The SMILES string of the molecule is C[C@@H](C1CC1)n1cc(NC(=O)N2CCC[C@@H](n3cncn3)C2)cn1. The number of carbonyl (C=O) groups excluding carboxylic acids is 1. The molecule has 0 spiro atoms. The van der Waals surface area contributed by atoms with Crippen LogP contribution in [0.15, 0.2) is 25.0 Å². The van der Waals surface area contributed by atoms with Gasteiger partial charge in [0.15, 0.2) is 0 Å². The smallest absolute Gasteiger partial charge is 0.322 e. The number of nitrogens with zero attached hydrogens (tertiary/aromatic N) is 6. The maximum absolute atomic E-state index is 12.5. The summed E-state index contributed by atoms with van der Waals surface area (Å²) in [6.45, 7) is 3.61. The highest BCUT2D eigenvalue weighted by atomic mass is 16.2. The fourth-order valence-electron chi connectivity index (χ4n) is 3.38. The highest BCUT2D eigenvalue weighted by molar-refractivity contribution is 5.89. The highest BCUT2D eigenvalue weighted by Gasteiger charge is 2.30. The molecule has 8 heteroatoms. The first-order chi connectivity index (χ1) is 11.7. The van der Waals surface area contributed by atoms with Crippen molar-refractivity contribution >= 4 is 11.7 Å². The minimum Gasteiger partial charge on any atom is -0.322 e. The Labute approximate surface area is 140 Å². The van der Waals surface area contributed by atoms with Crippen LogP contribution in [-0.2, 0) is 0 Å². The van der Waals surface area contributed by atoms with Gasteiger partial charge in [-0.15, -0.1) is 0 Å². The fourth-order valence-corrected chi connectivity index (χ4v) is 3.38. The first kappa shape index (κ1) is 15.2. The maximum atomic E-state index is 12.5. The molecule has 24 heavy (non-hydrogen) atoms. The molecule has 2 atom stereocenters. The van der Waals surface area contributed by atoms with Crippen LogP contribution < -0.4 is 5.32 Å². The Hall–Kier alpha value is -2.38. The number of rotatable bonds is 4. The number of aromatic nitrogens is 5. The Morgan fingerprint density at radius 1 is 1.33 bits per heavy atom. The second-order valence-electron chi connectivity index (χ2n) is 6.83.